The average molecular weight is 341 g/mol. The Bertz CT molecular complexity index is 680. The lowest BCUT2D eigenvalue weighted by Gasteiger charge is -2.32. The molecule has 0 aliphatic carbocycles. The molecule has 1 atom stereocenters. The van der Waals surface area contributed by atoms with Gasteiger partial charge in [0.25, 0.3) is 0 Å². The van der Waals surface area contributed by atoms with E-state index in [0.717, 1.165) is 26.1 Å². The number of benzene rings is 1. The maximum absolute atomic E-state index is 5.25. The summed E-state index contributed by atoms with van der Waals surface area (Å²) in [5, 5.41) is 0. The second-order valence-electron chi connectivity index (χ2n) is 7.40. The zero-order valence-corrected chi connectivity index (χ0v) is 15.9. The molecule has 1 aromatic carbocycles. The van der Waals surface area contributed by atoms with Crippen LogP contribution in [0.3, 0.4) is 0 Å². The zero-order valence-electron chi connectivity index (χ0n) is 15.9. The van der Waals surface area contributed by atoms with Crippen molar-refractivity contribution in [2.24, 2.45) is 5.92 Å². The van der Waals surface area contributed by atoms with Gasteiger partial charge in [0.15, 0.2) is 0 Å². The lowest BCUT2D eigenvalue weighted by Crippen LogP contribution is -2.36. The fourth-order valence-electron chi connectivity index (χ4n) is 3.95. The van der Waals surface area contributed by atoms with Crippen molar-refractivity contribution >= 4 is 0 Å². The quantitative estimate of drug-likeness (QED) is 0.771. The normalized spacial score (nSPS) is 18.6. The Morgan fingerprint density at radius 2 is 2.16 bits per heavy atom. The molecule has 1 fully saturated rings. The van der Waals surface area contributed by atoms with Gasteiger partial charge >= 0.3 is 0 Å². The third kappa shape index (κ3) is 4.93. The highest BCUT2D eigenvalue weighted by Gasteiger charge is 2.22. The molecule has 2 aromatic rings. The van der Waals surface area contributed by atoms with Crippen LogP contribution in [0.25, 0.3) is 0 Å². The minimum Gasteiger partial charge on any atom is -0.383 e. The van der Waals surface area contributed by atoms with Crippen molar-refractivity contribution in [3.63, 3.8) is 0 Å². The molecule has 4 heteroatoms. The maximum atomic E-state index is 5.25. The Morgan fingerprint density at radius 1 is 1.28 bits per heavy atom. The molecule has 0 saturated carbocycles. The lowest BCUT2D eigenvalue weighted by molar-refractivity contribution is 0.163. The number of imidazole rings is 1. The molecule has 0 spiro atoms. The monoisotopic (exact) mass is 341 g/mol. The molecule has 25 heavy (non-hydrogen) atoms. The summed E-state index contributed by atoms with van der Waals surface area (Å²) in [6.45, 7) is 9.40. The number of aromatic nitrogens is 2. The molecule has 1 aliphatic heterocycles. The van der Waals surface area contributed by atoms with Crippen LogP contribution < -0.4 is 0 Å². The number of hydrogen-bond donors (Lipinski definition) is 0. The number of ether oxygens (including phenoxy) is 1. The Labute approximate surface area is 151 Å². The first kappa shape index (κ1) is 18.2. The summed E-state index contributed by atoms with van der Waals surface area (Å²) in [5.74, 6) is 1.92. The topological polar surface area (TPSA) is 30.3 Å². The van der Waals surface area contributed by atoms with Gasteiger partial charge in [-0.3, -0.25) is 4.90 Å². The summed E-state index contributed by atoms with van der Waals surface area (Å²) in [6, 6.07) is 8.90. The van der Waals surface area contributed by atoms with Gasteiger partial charge in [0.05, 0.1) is 6.61 Å². The largest absolute Gasteiger partial charge is 0.383 e. The minimum absolute atomic E-state index is 0.696. The van der Waals surface area contributed by atoms with Crippen molar-refractivity contribution in [3.8, 4) is 0 Å². The number of methoxy groups -OCH3 is 1. The van der Waals surface area contributed by atoms with E-state index in [9.17, 15) is 0 Å². The van der Waals surface area contributed by atoms with Crippen molar-refractivity contribution < 1.29 is 4.74 Å². The zero-order chi connectivity index (χ0) is 17.6. The highest BCUT2D eigenvalue weighted by Crippen LogP contribution is 2.22. The molecular weight excluding hydrogens is 310 g/mol. The molecule has 4 nitrogen and oxygen atoms in total. The minimum atomic E-state index is 0.696. The predicted octanol–water partition coefficient (Wildman–Crippen LogP) is 3.60. The first-order chi connectivity index (χ1) is 12.2. The SMILES string of the molecule is COCCn1c(C)cnc1CC1CCCN(Cc2cccc(C)c2)C1. The van der Waals surface area contributed by atoms with Gasteiger partial charge in [-0.15, -0.1) is 0 Å². The summed E-state index contributed by atoms with van der Waals surface area (Å²) in [4.78, 5) is 7.28. The second kappa shape index (κ2) is 8.63. The van der Waals surface area contributed by atoms with Gasteiger partial charge in [0, 0.05) is 45.1 Å². The van der Waals surface area contributed by atoms with Crippen molar-refractivity contribution in [1.29, 1.82) is 0 Å². The fourth-order valence-corrected chi connectivity index (χ4v) is 3.95. The van der Waals surface area contributed by atoms with E-state index in [1.54, 1.807) is 7.11 Å². The van der Waals surface area contributed by atoms with Crippen LogP contribution in [-0.4, -0.2) is 41.3 Å². The van der Waals surface area contributed by atoms with Crippen LogP contribution in [-0.2, 0) is 24.2 Å². The number of piperidine rings is 1. The highest BCUT2D eigenvalue weighted by atomic mass is 16.5. The van der Waals surface area contributed by atoms with Crippen LogP contribution in [0.15, 0.2) is 30.5 Å². The number of rotatable bonds is 7. The number of likely N-dealkylation sites (tertiary alicyclic amines) is 1. The molecule has 0 bridgehead atoms. The average Bonchev–Trinajstić information content (AvgIpc) is 2.93. The standard InChI is InChI=1S/C21H31N3O/c1-17-6-4-7-19(12-17)15-23-9-5-8-20(16-23)13-21-22-14-18(2)24(21)10-11-25-3/h4,6-7,12,14,20H,5,8-11,13,15-16H2,1-3H3. The van der Waals surface area contributed by atoms with Crippen molar-refractivity contribution in [2.75, 3.05) is 26.8 Å². The van der Waals surface area contributed by atoms with Crippen molar-refractivity contribution in [3.05, 3.63) is 53.1 Å². The molecule has 0 radical (unpaired) electrons. The van der Waals surface area contributed by atoms with E-state index >= 15 is 0 Å². The molecule has 0 N–H and O–H groups in total. The van der Waals surface area contributed by atoms with Gasteiger partial charge in [-0.25, -0.2) is 4.98 Å². The van der Waals surface area contributed by atoms with E-state index < -0.39 is 0 Å². The molecule has 0 amide bonds. The number of aryl methyl sites for hydroxylation is 2. The predicted molar refractivity (Wildman–Crippen MR) is 102 cm³/mol. The number of nitrogens with zero attached hydrogens (tertiary/aromatic N) is 3. The Kier molecular flexibility index (Phi) is 6.27. The molecule has 1 unspecified atom stereocenters. The van der Waals surface area contributed by atoms with Gasteiger partial charge in [-0.05, 0) is 44.7 Å². The Hall–Kier alpha value is -1.65. The second-order valence-corrected chi connectivity index (χ2v) is 7.40. The third-order valence-electron chi connectivity index (χ3n) is 5.22. The van der Waals surface area contributed by atoms with E-state index in [-0.39, 0.29) is 0 Å². The summed E-state index contributed by atoms with van der Waals surface area (Å²) in [6.07, 6.45) is 5.66. The van der Waals surface area contributed by atoms with Crippen LogP contribution in [0.1, 0.15) is 35.5 Å². The van der Waals surface area contributed by atoms with E-state index in [4.69, 9.17) is 4.74 Å². The van der Waals surface area contributed by atoms with E-state index in [2.05, 4.69) is 52.6 Å². The molecular formula is C21H31N3O. The van der Waals surface area contributed by atoms with Gasteiger partial charge in [0.2, 0.25) is 0 Å². The molecule has 3 rings (SSSR count). The molecule has 136 valence electrons. The third-order valence-corrected chi connectivity index (χ3v) is 5.22. The van der Waals surface area contributed by atoms with Crippen LogP contribution in [0.2, 0.25) is 0 Å². The highest BCUT2D eigenvalue weighted by molar-refractivity contribution is 5.22. The fraction of sp³-hybridized carbons (Fsp3) is 0.571. The van der Waals surface area contributed by atoms with Gasteiger partial charge in [0.1, 0.15) is 5.82 Å². The van der Waals surface area contributed by atoms with Crippen LogP contribution in [0.4, 0.5) is 0 Å². The van der Waals surface area contributed by atoms with E-state index in [1.807, 2.05) is 6.20 Å². The maximum Gasteiger partial charge on any atom is 0.109 e. The van der Waals surface area contributed by atoms with E-state index in [1.165, 1.54) is 48.6 Å². The summed E-state index contributed by atoms with van der Waals surface area (Å²) in [5.41, 5.74) is 4.01. The van der Waals surface area contributed by atoms with Crippen LogP contribution in [0, 0.1) is 19.8 Å². The first-order valence-corrected chi connectivity index (χ1v) is 9.43. The van der Waals surface area contributed by atoms with Gasteiger partial charge in [-0.1, -0.05) is 29.8 Å². The Balaban J connectivity index is 1.60. The van der Waals surface area contributed by atoms with Crippen molar-refractivity contribution in [2.45, 2.75) is 46.2 Å². The molecule has 2 heterocycles. The molecule has 1 saturated heterocycles. The summed E-state index contributed by atoms with van der Waals surface area (Å²) < 4.78 is 7.57. The first-order valence-electron chi connectivity index (χ1n) is 9.43. The van der Waals surface area contributed by atoms with E-state index in [0.29, 0.717) is 5.92 Å². The van der Waals surface area contributed by atoms with Crippen molar-refractivity contribution in [1.82, 2.24) is 14.5 Å². The summed E-state index contributed by atoms with van der Waals surface area (Å²) >= 11 is 0. The summed E-state index contributed by atoms with van der Waals surface area (Å²) in [7, 11) is 1.76. The smallest absolute Gasteiger partial charge is 0.109 e. The Morgan fingerprint density at radius 3 is 2.96 bits per heavy atom. The molecule has 1 aromatic heterocycles. The molecule has 1 aliphatic rings. The number of hydrogen-bond acceptors (Lipinski definition) is 3. The van der Waals surface area contributed by atoms with Gasteiger partial charge in [-0.2, -0.15) is 0 Å². The van der Waals surface area contributed by atoms with Crippen LogP contribution >= 0.6 is 0 Å². The van der Waals surface area contributed by atoms with Crippen LogP contribution in [0.5, 0.6) is 0 Å². The lowest BCUT2D eigenvalue weighted by atomic mass is 9.94. The van der Waals surface area contributed by atoms with Gasteiger partial charge < -0.3 is 9.30 Å².